The molecule has 0 radical (unpaired) electrons. The summed E-state index contributed by atoms with van der Waals surface area (Å²) < 4.78 is 12.5. The summed E-state index contributed by atoms with van der Waals surface area (Å²) in [5.74, 6) is -1.78. The van der Waals surface area contributed by atoms with Crippen molar-refractivity contribution in [1.29, 1.82) is 0 Å². The summed E-state index contributed by atoms with van der Waals surface area (Å²) in [5, 5.41) is 8.41. The van der Waals surface area contributed by atoms with E-state index in [9.17, 15) is 9.18 Å². The zero-order valence-corrected chi connectivity index (χ0v) is 6.57. The Morgan fingerprint density at radius 3 is 2.85 bits per heavy atom. The minimum Gasteiger partial charge on any atom is -0.477 e. The van der Waals surface area contributed by atoms with Gasteiger partial charge in [-0.25, -0.2) is 9.18 Å². The first-order chi connectivity index (χ1) is 6.09. The number of aromatic nitrogens is 1. The fraction of sp³-hybridized carbons (Fsp3) is 0. The summed E-state index contributed by atoms with van der Waals surface area (Å²) in [7, 11) is 0. The second-order valence-electron chi connectivity index (χ2n) is 2.34. The number of rotatable bonds is 2. The number of hydrogen-bond acceptors (Lipinski definition) is 3. The van der Waals surface area contributed by atoms with E-state index in [4.69, 9.17) is 10.8 Å². The SMILES string of the molecule is N/C(=C/c1cncc(F)c1)C(=O)O. The van der Waals surface area contributed by atoms with E-state index in [1.165, 1.54) is 6.20 Å². The Balaban J connectivity index is 2.97. The first kappa shape index (κ1) is 9.18. The topological polar surface area (TPSA) is 76.2 Å². The van der Waals surface area contributed by atoms with Gasteiger partial charge in [0.05, 0.1) is 6.20 Å². The predicted molar refractivity (Wildman–Crippen MR) is 44.0 cm³/mol. The van der Waals surface area contributed by atoms with Crippen LogP contribution in [0.25, 0.3) is 6.08 Å². The fourth-order valence-corrected chi connectivity index (χ4v) is 0.749. The maximum atomic E-state index is 12.5. The third-order valence-electron chi connectivity index (χ3n) is 1.30. The molecule has 0 aliphatic heterocycles. The van der Waals surface area contributed by atoms with Crippen molar-refractivity contribution >= 4 is 12.0 Å². The molecule has 0 aromatic carbocycles. The Kier molecular flexibility index (Phi) is 2.59. The van der Waals surface area contributed by atoms with Crippen LogP contribution in [0, 0.1) is 5.82 Å². The number of nitrogens with two attached hydrogens (primary N) is 1. The van der Waals surface area contributed by atoms with E-state index in [2.05, 4.69) is 4.98 Å². The van der Waals surface area contributed by atoms with Gasteiger partial charge in [-0.2, -0.15) is 0 Å². The molecule has 1 heterocycles. The molecule has 3 N–H and O–H groups in total. The Hall–Kier alpha value is -1.91. The molecule has 1 aromatic rings. The second-order valence-corrected chi connectivity index (χ2v) is 2.34. The number of carbonyl (C=O) groups is 1. The van der Waals surface area contributed by atoms with Gasteiger partial charge in [0, 0.05) is 6.20 Å². The number of halogens is 1. The zero-order chi connectivity index (χ0) is 9.84. The van der Waals surface area contributed by atoms with Crippen LogP contribution in [0.1, 0.15) is 5.56 Å². The predicted octanol–water partition coefficient (Wildman–Crippen LogP) is 0.605. The van der Waals surface area contributed by atoms with Crippen LogP contribution in [-0.2, 0) is 4.79 Å². The molecule has 0 unspecified atom stereocenters. The number of carboxylic acid groups (broad SMARTS) is 1. The van der Waals surface area contributed by atoms with Crippen LogP contribution < -0.4 is 5.73 Å². The number of nitrogens with zero attached hydrogens (tertiary/aromatic N) is 1. The van der Waals surface area contributed by atoms with Crippen molar-refractivity contribution < 1.29 is 14.3 Å². The smallest absolute Gasteiger partial charge is 0.351 e. The second kappa shape index (κ2) is 3.66. The van der Waals surface area contributed by atoms with Crippen molar-refractivity contribution in [1.82, 2.24) is 4.98 Å². The third-order valence-corrected chi connectivity index (χ3v) is 1.30. The highest BCUT2D eigenvalue weighted by molar-refractivity contribution is 5.90. The zero-order valence-electron chi connectivity index (χ0n) is 6.57. The molecule has 0 aliphatic carbocycles. The van der Waals surface area contributed by atoms with Crippen LogP contribution in [0.3, 0.4) is 0 Å². The van der Waals surface area contributed by atoms with Crippen LogP contribution in [0.5, 0.6) is 0 Å². The lowest BCUT2D eigenvalue weighted by molar-refractivity contribution is -0.132. The van der Waals surface area contributed by atoms with Gasteiger partial charge in [-0.1, -0.05) is 0 Å². The maximum absolute atomic E-state index is 12.5. The highest BCUT2D eigenvalue weighted by Crippen LogP contribution is 2.04. The van der Waals surface area contributed by atoms with Gasteiger partial charge in [-0.15, -0.1) is 0 Å². The molecule has 1 rings (SSSR count). The lowest BCUT2D eigenvalue weighted by atomic mass is 10.2. The summed E-state index contributed by atoms with van der Waals surface area (Å²) in [4.78, 5) is 13.8. The van der Waals surface area contributed by atoms with Gasteiger partial charge in [0.2, 0.25) is 0 Å². The van der Waals surface area contributed by atoms with Gasteiger partial charge in [-0.05, 0) is 17.7 Å². The molecule has 1 aromatic heterocycles. The van der Waals surface area contributed by atoms with Crippen molar-refractivity contribution in [3.8, 4) is 0 Å². The Labute approximate surface area is 73.5 Å². The summed E-state index contributed by atoms with van der Waals surface area (Å²) in [6.45, 7) is 0. The Morgan fingerprint density at radius 2 is 2.31 bits per heavy atom. The number of aliphatic carboxylic acids is 1. The number of carboxylic acids is 1. The summed E-state index contributed by atoms with van der Waals surface area (Å²) in [5.41, 5.74) is 5.08. The van der Waals surface area contributed by atoms with Gasteiger partial charge < -0.3 is 10.8 Å². The van der Waals surface area contributed by atoms with Crippen molar-refractivity contribution in [2.45, 2.75) is 0 Å². The molecule has 0 saturated carbocycles. The minimum absolute atomic E-state index is 0.319. The number of pyridine rings is 1. The molecule has 0 saturated heterocycles. The highest BCUT2D eigenvalue weighted by atomic mass is 19.1. The molecule has 0 aliphatic rings. The largest absolute Gasteiger partial charge is 0.477 e. The molecule has 0 amide bonds. The molecule has 5 heteroatoms. The molecule has 0 bridgehead atoms. The van der Waals surface area contributed by atoms with E-state index in [1.54, 1.807) is 0 Å². The van der Waals surface area contributed by atoms with Crippen molar-refractivity contribution in [3.63, 3.8) is 0 Å². The highest BCUT2D eigenvalue weighted by Gasteiger charge is 2.01. The van der Waals surface area contributed by atoms with E-state index in [1.807, 2.05) is 0 Å². The first-order valence-electron chi connectivity index (χ1n) is 3.40. The lowest BCUT2D eigenvalue weighted by Crippen LogP contribution is -2.09. The average molecular weight is 182 g/mol. The van der Waals surface area contributed by atoms with Crippen molar-refractivity contribution in [2.24, 2.45) is 5.73 Å². The number of hydrogen-bond donors (Lipinski definition) is 2. The maximum Gasteiger partial charge on any atom is 0.351 e. The minimum atomic E-state index is -1.25. The normalized spacial score (nSPS) is 11.3. The molecule has 68 valence electrons. The van der Waals surface area contributed by atoms with E-state index in [0.29, 0.717) is 5.56 Å². The van der Waals surface area contributed by atoms with Crippen LogP contribution in [-0.4, -0.2) is 16.1 Å². The van der Waals surface area contributed by atoms with Crippen LogP contribution in [0.15, 0.2) is 24.2 Å². The third kappa shape index (κ3) is 2.55. The fourth-order valence-electron chi connectivity index (χ4n) is 0.749. The molecule has 0 atom stereocenters. The van der Waals surface area contributed by atoms with Gasteiger partial charge in [0.15, 0.2) is 0 Å². The monoisotopic (exact) mass is 182 g/mol. The Bertz CT molecular complexity index is 363. The van der Waals surface area contributed by atoms with E-state index >= 15 is 0 Å². The molecule has 0 fully saturated rings. The standard InChI is InChI=1S/C8H7FN2O2/c9-6-1-5(3-11-4-6)2-7(10)8(12)13/h1-4H,10H2,(H,12,13)/b7-2+. The molecule has 0 spiro atoms. The van der Waals surface area contributed by atoms with Crippen molar-refractivity contribution in [3.05, 3.63) is 35.5 Å². The van der Waals surface area contributed by atoms with Gasteiger partial charge in [-0.3, -0.25) is 4.98 Å². The van der Waals surface area contributed by atoms with Crippen molar-refractivity contribution in [2.75, 3.05) is 0 Å². The Morgan fingerprint density at radius 1 is 1.62 bits per heavy atom. The summed E-state index contributed by atoms with van der Waals surface area (Å²) in [6, 6.07) is 1.14. The molecular formula is C8H7FN2O2. The molecule has 13 heavy (non-hydrogen) atoms. The van der Waals surface area contributed by atoms with Gasteiger partial charge >= 0.3 is 5.97 Å². The average Bonchev–Trinajstić information content (AvgIpc) is 2.04. The van der Waals surface area contributed by atoms with E-state index in [-0.39, 0.29) is 5.70 Å². The van der Waals surface area contributed by atoms with E-state index in [0.717, 1.165) is 18.3 Å². The van der Waals surface area contributed by atoms with Gasteiger partial charge in [0.25, 0.3) is 0 Å². The van der Waals surface area contributed by atoms with Gasteiger partial charge in [0.1, 0.15) is 11.5 Å². The lowest BCUT2D eigenvalue weighted by Gasteiger charge is -1.94. The van der Waals surface area contributed by atoms with Crippen LogP contribution >= 0.6 is 0 Å². The summed E-state index contributed by atoms with van der Waals surface area (Å²) in [6.07, 6.45) is 3.48. The first-order valence-corrected chi connectivity index (χ1v) is 3.40. The quantitative estimate of drug-likeness (QED) is 0.657. The summed E-state index contributed by atoms with van der Waals surface area (Å²) >= 11 is 0. The van der Waals surface area contributed by atoms with Crippen LogP contribution in [0.4, 0.5) is 4.39 Å². The molecular weight excluding hydrogens is 175 g/mol. The van der Waals surface area contributed by atoms with Crippen LogP contribution in [0.2, 0.25) is 0 Å². The van der Waals surface area contributed by atoms with E-state index < -0.39 is 11.8 Å². The molecule has 4 nitrogen and oxygen atoms in total.